The summed E-state index contributed by atoms with van der Waals surface area (Å²) in [6.45, 7) is 0. The van der Waals surface area contributed by atoms with Gasteiger partial charge in [0.2, 0.25) is 5.90 Å². The highest BCUT2D eigenvalue weighted by atomic mass is 79.9. The van der Waals surface area contributed by atoms with Crippen molar-refractivity contribution in [1.82, 2.24) is 0 Å². The van der Waals surface area contributed by atoms with Crippen molar-refractivity contribution in [2.45, 2.75) is 0 Å². The van der Waals surface area contributed by atoms with Gasteiger partial charge >= 0.3 is 5.97 Å². The molecule has 1 aliphatic heterocycles. The summed E-state index contributed by atoms with van der Waals surface area (Å²) in [5.74, 6) is 1.07. The fourth-order valence-electron chi connectivity index (χ4n) is 3.27. The SMILES string of the molecule is O=C1OC(c2cccc3ccccc23)=N/C1=C\c1ccc(-c2ccc(Br)cc2)o1. The average Bonchev–Trinajstić information content (AvgIpc) is 3.35. The number of cyclic esters (lactones) is 1. The van der Waals surface area contributed by atoms with Gasteiger partial charge in [-0.05, 0) is 41.1 Å². The molecule has 3 aromatic carbocycles. The topological polar surface area (TPSA) is 51.8 Å². The maximum absolute atomic E-state index is 12.4. The van der Waals surface area contributed by atoms with E-state index in [1.54, 1.807) is 6.08 Å². The monoisotopic (exact) mass is 443 g/mol. The van der Waals surface area contributed by atoms with E-state index in [9.17, 15) is 4.79 Å². The van der Waals surface area contributed by atoms with E-state index >= 15 is 0 Å². The van der Waals surface area contributed by atoms with Crippen LogP contribution >= 0.6 is 15.9 Å². The lowest BCUT2D eigenvalue weighted by molar-refractivity contribution is -0.129. The minimum atomic E-state index is -0.491. The van der Waals surface area contributed by atoms with Crippen molar-refractivity contribution < 1.29 is 13.9 Å². The third-order valence-electron chi connectivity index (χ3n) is 4.68. The molecule has 0 atom stereocenters. The molecule has 0 spiro atoms. The smallest absolute Gasteiger partial charge is 0.363 e. The van der Waals surface area contributed by atoms with Gasteiger partial charge in [0.1, 0.15) is 11.5 Å². The van der Waals surface area contributed by atoms with E-state index in [1.165, 1.54) is 0 Å². The number of carbonyl (C=O) groups excluding carboxylic acids is 1. The maximum Gasteiger partial charge on any atom is 0.363 e. The molecule has 0 aliphatic carbocycles. The molecule has 0 bridgehead atoms. The molecular formula is C24H14BrNO3. The van der Waals surface area contributed by atoms with Gasteiger partial charge in [-0.3, -0.25) is 0 Å². The number of halogens is 1. The number of nitrogens with zero attached hydrogens (tertiary/aromatic N) is 1. The first-order chi connectivity index (χ1) is 14.2. The highest BCUT2D eigenvalue weighted by molar-refractivity contribution is 9.10. The Morgan fingerprint density at radius 1 is 0.862 bits per heavy atom. The lowest BCUT2D eigenvalue weighted by Crippen LogP contribution is -2.05. The molecule has 0 unspecified atom stereocenters. The van der Waals surface area contributed by atoms with Crippen LogP contribution in [0.15, 0.2) is 98.4 Å². The molecule has 0 N–H and O–H groups in total. The largest absolute Gasteiger partial charge is 0.457 e. The number of rotatable bonds is 3. The zero-order chi connectivity index (χ0) is 19.8. The first-order valence-electron chi connectivity index (χ1n) is 9.04. The normalized spacial score (nSPS) is 15.0. The molecule has 29 heavy (non-hydrogen) atoms. The third-order valence-corrected chi connectivity index (χ3v) is 5.20. The Morgan fingerprint density at radius 2 is 1.66 bits per heavy atom. The van der Waals surface area contributed by atoms with Crippen LogP contribution < -0.4 is 0 Å². The predicted molar refractivity (Wildman–Crippen MR) is 116 cm³/mol. The van der Waals surface area contributed by atoms with Crippen LogP contribution in [0.3, 0.4) is 0 Å². The number of furan rings is 1. The Hall–Kier alpha value is -3.44. The van der Waals surface area contributed by atoms with E-state index in [-0.39, 0.29) is 5.70 Å². The molecule has 5 rings (SSSR count). The molecule has 0 fully saturated rings. The predicted octanol–water partition coefficient (Wildman–Crippen LogP) is 6.21. The summed E-state index contributed by atoms with van der Waals surface area (Å²) in [7, 11) is 0. The molecule has 1 aliphatic rings. The van der Waals surface area contributed by atoms with Gasteiger partial charge in [0.05, 0.1) is 0 Å². The van der Waals surface area contributed by atoms with Gasteiger partial charge in [-0.2, -0.15) is 0 Å². The van der Waals surface area contributed by atoms with Gasteiger partial charge in [-0.1, -0.05) is 64.5 Å². The molecule has 1 aromatic heterocycles. The van der Waals surface area contributed by atoms with E-state index in [1.807, 2.05) is 78.9 Å². The van der Waals surface area contributed by atoms with Crippen molar-refractivity contribution in [3.05, 3.63) is 100 Å². The van der Waals surface area contributed by atoms with Crippen molar-refractivity contribution in [2.75, 3.05) is 0 Å². The summed E-state index contributed by atoms with van der Waals surface area (Å²) in [6.07, 6.45) is 1.60. The molecule has 4 aromatic rings. The summed E-state index contributed by atoms with van der Waals surface area (Å²) < 4.78 is 12.3. The van der Waals surface area contributed by atoms with Crippen LogP contribution in [-0.4, -0.2) is 11.9 Å². The second-order valence-electron chi connectivity index (χ2n) is 6.57. The molecule has 0 radical (unpaired) electrons. The quantitative estimate of drug-likeness (QED) is 0.279. The average molecular weight is 444 g/mol. The maximum atomic E-state index is 12.4. The van der Waals surface area contributed by atoms with Gasteiger partial charge < -0.3 is 9.15 Å². The number of hydrogen-bond acceptors (Lipinski definition) is 4. The summed E-state index contributed by atoms with van der Waals surface area (Å²) >= 11 is 3.42. The second-order valence-corrected chi connectivity index (χ2v) is 7.49. The first-order valence-corrected chi connectivity index (χ1v) is 9.83. The number of fused-ring (bicyclic) bond motifs is 1. The van der Waals surface area contributed by atoms with E-state index < -0.39 is 5.97 Å². The van der Waals surface area contributed by atoms with Crippen LogP contribution in [0, 0.1) is 0 Å². The first kappa shape index (κ1) is 17.6. The highest BCUT2D eigenvalue weighted by Crippen LogP contribution is 2.27. The van der Waals surface area contributed by atoms with Gasteiger partial charge in [0.25, 0.3) is 0 Å². The highest BCUT2D eigenvalue weighted by Gasteiger charge is 2.25. The number of aliphatic imine (C=N–C) groups is 1. The van der Waals surface area contributed by atoms with Crippen molar-refractivity contribution in [3.63, 3.8) is 0 Å². The van der Waals surface area contributed by atoms with E-state index in [4.69, 9.17) is 9.15 Å². The van der Waals surface area contributed by atoms with Crippen LogP contribution in [0.4, 0.5) is 0 Å². The zero-order valence-electron chi connectivity index (χ0n) is 15.1. The van der Waals surface area contributed by atoms with Gasteiger partial charge in [-0.25, -0.2) is 9.79 Å². The van der Waals surface area contributed by atoms with E-state index in [0.717, 1.165) is 26.4 Å². The van der Waals surface area contributed by atoms with Gasteiger partial charge in [-0.15, -0.1) is 0 Å². The summed E-state index contributed by atoms with van der Waals surface area (Å²) in [4.78, 5) is 16.8. The lowest BCUT2D eigenvalue weighted by atomic mass is 10.0. The molecule has 4 nitrogen and oxygen atoms in total. The number of esters is 1. The van der Waals surface area contributed by atoms with Crippen LogP contribution in [0.2, 0.25) is 0 Å². The number of ether oxygens (including phenoxy) is 1. The Morgan fingerprint density at radius 3 is 2.52 bits per heavy atom. The number of carbonyl (C=O) groups is 1. The lowest BCUT2D eigenvalue weighted by Gasteiger charge is -2.04. The van der Waals surface area contributed by atoms with Crippen molar-refractivity contribution in [2.24, 2.45) is 4.99 Å². The van der Waals surface area contributed by atoms with Crippen molar-refractivity contribution in [1.29, 1.82) is 0 Å². The Balaban J connectivity index is 1.49. The summed E-state index contributed by atoms with van der Waals surface area (Å²) in [6, 6.07) is 25.2. The Labute approximate surface area is 175 Å². The van der Waals surface area contributed by atoms with Crippen LogP contribution in [0.25, 0.3) is 28.2 Å². The molecule has 5 heteroatoms. The fourth-order valence-corrected chi connectivity index (χ4v) is 3.54. The minimum absolute atomic E-state index is 0.213. The van der Waals surface area contributed by atoms with Crippen molar-refractivity contribution in [3.8, 4) is 11.3 Å². The molecule has 140 valence electrons. The van der Waals surface area contributed by atoms with Crippen LogP contribution in [-0.2, 0) is 9.53 Å². The standard InChI is InChI=1S/C24H14BrNO3/c25-17-10-8-16(9-11-17)22-13-12-18(28-22)14-21-24(27)29-23(26-21)20-7-3-5-15-4-1-2-6-19(15)20/h1-14H/b21-14-. The Kier molecular flexibility index (Phi) is 4.37. The van der Waals surface area contributed by atoms with Gasteiger partial charge in [0, 0.05) is 21.7 Å². The zero-order valence-corrected chi connectivity index (χ0v) is 16.7. The number of benzene rings is 3. The number of hydrogen-bond donors (Lipinski definition) is 0. The molecule has 0 saturated carbocycles. The van der Waals surface area contributed by atoms with Crippen LogP contribution in [0.1, 0.15) is 11.3 Å². The molecule has 2 heterocycles. The van der Waals surface area contributed by atoms with Crippen molar-refractivity contribution >= 4 is 44.6 Å². The molecule has 0 saturated heterocycles. The third kappa shape index (κ3) is 3.41. The van der Waals surface area contributed by atoms with E-state index in [2.05, 4.69) is 20.9 Å². The fraction of sp³-hybridized carbons (Fsp3) is 0. The van der Waals surface area contributed by atoms with Crippen LogP contribution in [0.5, 0.6) is 0 Å². The van der Waals surface area contributed by atoms with E-state index in [0.29, 0.717) is 17.4 Å². The summed E-state index contributed by atoms with van der Waals surface area (Å²) in [5.41, 5.74) is 1.95. The Bertz CT molecular complexity index is 1290. The van der Waals surface area contributed by atoms with Gasteiger partial charge in [0.15, 0.2) is 5.70 Å². The minimum Gasteiger partial charge on any atom is -0.457 e. The molecular weight excluding hydrogens is 430 g/mol. The second kappa shape index (κ2) is 7.18. The summed E-state index contributed by atoms with van der Waals surface area (Å²) in [5, 5.41) is 2.05. The molecule has 0 amide bonds.